The monoisotopic (exact) mass is 428 g/mol. The molecule has 1 aromatic carbocycles. The van der Waals surface area contributed by atoms with Crippen LogP contribution in [0.1, 0.15) is 32.6 Å². The minimum absolute atomic E-state index is 0.104. The van der Waals surface area contributed by atoms with Gasteiger partial charge in [-0.1, -0.05) is 11.6 Å². The number of hydrogen-bond donors (Lipinski definition) is 1. The minimum atomic E-state index is -3.61. The van der Waals surface area contributed by atoms with Crippen LogP contribution in [-0.4, -0.2) is 50.3 Å². The number of piperidine rings is 1. The van der Waals surface area contributed by atoms with E-state index >= 15 is 0 Å². The van der Waals surface area contributed by atoms with Crippen molar-refractivity contribution in [3.8, 4) is 0 Å². The molecule has 1 N–H and O–H groups in total. The standard InChI is InChI=1S/C19H25ClN2O5S/c1-13(14-2-3-14)21-18(23)12-27-19(24)15-8-10-22(11-9-15)28(25,26)17-6-4-16(20)5-7-17/h4-7,13-15H,2-3,8-12H2,1H3,(H,21,23). The zero-order chi connectivity index (χ0) is 20.3. The van der Waals surface area contributed by atoms with Gasteiger partial charge in [0.05, 0.1) is 10.8 Å². The topological polar surface area (TPSA) is 92.8 Å². The molecule has 9 heteroatoms. The van der Waals surface area contributed by atoms with E-state index in [0.29, 0.717) is 23.8 Å². The summed E-state index contributed by atoms with van der Waals surface area (Å²) in [6, 6.07) is 6.12. The van der Waals surface area contributed by atoms with E-state index in [4.69, 9.17) is 16.3 Å². The second-order valence-corrected chi connectivity index (χ2v) is 9.81. The molecule has 1 unspecified atom stereocenters. The molecule has 1 atom stereocenters. The van der Waals surface area contributed by atoms with Crippen molar-refractivity contribution in [3.05, 3.63) is 29.3 Å². The fourth-order valence-electron chi connectivity index (χ4n) is 3.35. The van der Waals surface area contributed by atoms with E-state index in [0.717, 1.165) is 12.8 Å². The number of ether oxygens (including phenoxy) is 1. The highest BCUT2D eigenvalue weighted by atomic mass is 35.5. The summed E-state index contributed by atoms with van der Waals surface area (Å²) in [4.78, 5) is 24.2. The molecule has 0 bridgehead atoms. The smallest absolute Gasteiger partial charge is 0.309 e. The maximum atomic E-state index is 12.7. The SMILES string of the molecule is CC(NC(=O)COC(=O)C1CCN(S(=O)(=O)c2ccc(Cl)cc2)CC1)C1CC1. The number of halogens is 1. The molecule has 1 aliphatic heterocycles. The molecule has 0 spiro atoms. The molecule has 2 aliphatic rings. The Hall–Kier alpha value is -1.64. The summed E-state index contributed by atoms with van der Waals surface area (Å²) in [6.45, 7) is 2.12. The maximum Gasteiger partial charge on any atom is 0.309 e. The Balaban J connectivity index is 1.45. The highest BCUT2D eigenvalue weighted by Gasteiger charge is 2.33. The lowest BCUT2D eigenvalue weighted by molar-refractivity contribution is -0.153. The van der Waals surface area contributed by atoms with Gasteiger partial charge >= 0.3 is 5.97 Å². The first-order valence-electron chi connectivity index (χ1n) is 9.49. The van der Waals surface area contributed by atoms with Crippen molar-refractivity contribution < 1.29 is 22.7 Å². The van der Waals surface area contributed by atoms with Gasteiger partial charge in [-0.25, -0.2) is 8.42 Å². The summed E-state index contributed by atoms with van der Waals surface area (Å²) < 4.78 is 31.8. The van der Waals surface area contributed by atoms with Gasteiger partial charge in [0.25, 0.3) is 5.91 Å². The molecule has 28 heavy (non-hydrogen) atoms. The van der Waals surface area contributed by atoms with Crippen LogP contribution in [0.3, 0.4) is 0 Å². The number of nitrogens with zero attached hydrogens (tertiary/aromatic N) is 1. The Morgan fingerprint density at radius 1 is 1.18 bits per heavy atom. The van der Waals surface area contributed by atoms with Crippen LogP contribution in [0.4, 0.5) is 0 Å². The lowest BCUT2D eigenvalue weighted by atomic mass is 9.98. The van der Waals surface area contributed by atoms with Crippen LogP contribution in [-0.2, 0) is 24.3 Å². The first kappa shape index (κ1) is 21.1. The lowest BCUT2D eigenvalue weighted by Gasteiger charge is -2.30. The molecule has 1 saturated heterocycles. The van der Waals surface area contributed by atoms with E-state index in [2.05, 4.69) is 5.32 Å². The number of carbonyl (C=O) groups is 2. The van der Waals surface area contributed by atoms with Gasteiger partial charge < -0.3 is 10.1 Å². The summed E-state index contributed by atoms with van der Waals surface area (Å²) >= 11 is 5.81. The Morgan fingerprint density at radius 2 is 1.79 bits per heavy atom. The number of esters is 1. The number of carbonyl (C=O) groups excluding carboxylic acids is 2. The first-order chi connectivity index (χ1) is 13.3. The van der Waals surface area contributed by atoms with Crippen molar-refractivity contribution in [2.24, 2.45) is 11.8 Å². The van der Waals surface area contributed by atoms with Crippen LogP contribution < -0.4 is 5.32 Å². The third-order valence-electron chi connectivity index (χ3n) is 5.30. The summed E-state index contributed by atoms with van der Waals surface area (Å²) in [6.07, 6.45) is 2.98. The third kappa shape index (κ3) is 5.24. The van der Waals surface area contributed by atoms with Gasteiger partial charge in [0.2, 0.25) is 10.0 Å². The lowest BCUT2D eigenvalue weighted by Crippen LogP contribution is -2.41. The Morgan fingerprint density at radius 3 is 2.36 bits per heavy atom. The third-order valence-corrected chi connectivity index (χ3v) is 7.47. The van der Waals surface area contributed by atoms with Gasteiger partial charge in [-0.15, -0.1) is 0 Å². The maximum absolute atomic E-state index is 12.7. The summed E-state index contributed by atoms with van der Waals surface area (Å²) in [5, 5.41) is 3.30. The Kier molecular flexibility index (Phi) is 6.62. The first-order valence-corrected chi connectivity index (χ1v) is 11.3. The van der Waals surface area contributed by atoms with E-state index < -0.39 is 21.9 Å². The van der Waals surface area contributed by atoms with Crippen LogP contribution >= 0.6 is 11.6 Å². The second kappa shape index (κ2) is 8.80. The summed E-state index contributed by atoms with van der Waals surface area (Å²) in [7, 11) is -3.61. The summed E-state index contributed by atoms with van der Waals surface area (Å²) in [5.41, 5.74) is 0. The number of rotatable bonds is 7. The van der Waals surface area contributed by atoms with Gasteiger partial charge in [-0.2, -0.15) is 4.31 Å². The summed E-state index contributed by atoms with van der Waals surface area (Å²) in [5.74, 6) is -0.606. The molecule has 7 nitrogen and oxygen atoms in total. The fraction of sp³-hybridized carbons (Fsp3) is 0.579. The van der Waals surface area contributed by atoms with Crippen LogP contribution in [0, 0.1) is 11.8 Å². The predicted molar refractivity (Wildman–Crippen MR) is 104 cm³/mol. The van der Waals surface area contributed by atoms with Gasteiger partial charge in [-0.05, 0) is 62.8 Å². The molecule has 0 radical (unpaired) electrons. The minimum Gasteiger partial charge on any atom is -0.455 e. The number of sulfonamides is 1. The molecule has 2 fully saturated rings. The van der Waals surface area contributed by atoms with E-state index in [1.54, 1.807) is 0 Å². The van der Waals surface area contributed by atoms with Crippen molar-refractivity contribution in [3.63, 3.8) is 0 Å². The van der Waals surface area contributed by atoms with Crippen LogP contribution in [0.25, 0.3) is 0 Å². The van der Waals surface area contributed by atoms with Gasteiger partial charge in [0.1, 0.15) is 0 Å². The zero-order valence-corrected chi connectivity index (χ0v) is 17.3. The molecular formula is C19H25ClN2O5S. The highest BCUT2D eigenvalue weighted by molar-refractivity contribution is 7.89. The quantitative estimate of drug-likeness (QED) is 0.672. The molecule has 1 amide bonds. The van der Waals surface area contributed by atoms with E-state index in [1.165, 1.54) is 28.6 Å². The molecule has 1 heterocycles. The number of nitrogens with one attached hydrogen (secondary N) is 1. The van der Waals surface area contributed by atoms with E-state index in [1.807, 2.05) is 6.92 Å². The van der Waals surface area contributed by atoms with Crippen LogP contribution in [0.15, 0.2) is 29.2 Å². The van der Waals surface area contributed by atoms with Gasteiger partial charge in [0, 0.05) is 24.2 Å². The zero-order valence-electron chi connectivity index (χ0n) is 15.8. The molecule has 154 valence electrons. The van der Waals surface area contributed by atoms with Crippen molar-refractivity contribution in [1.82, 2.24) is 9.62 Å². The normalized spacial score (nSPS) is 19.8. The predicted octanol–water partition coefficient (Wildman–Crippen LogP) is 2.20. The van der Waals surface area contributed by atoms with Gasteiger partial charge in [0.15, 0.2) is 6.61 Å². The van der Waals surface area contributed by atoms with Crippen molar-refractivity contribution >= 4 is 33.5 Å². The molecule has 0 aromatic heterocycles. The van der Waals surface area contributed by atoms with Crippen LogP contribution in [0.5, 0.6) is 0 Å². The number of benzene rings is 1. The average Bonchev–Trinajstić information content (AvgIpc) is 3.52. The fourth-order valence-corrected chi connectivity index (χ4v) is 4.95. The number of amides is 1. The van der Waals surface area contributed by atoms with Gasteiger partial charge in [-0.3, -0.25) is 9.59 Å². The molecule has 1 aromatic rings. The molecule has 3 rings (SSSR count). The Labute approximate surface area is 170 Å². The van der Waals surface area contributed by atoms with Crippen LogP contribution in [0.2, 0.25) is 5.02 Å². The van der Waals surface area contributed by atoms with Crippen molar-refractivity contribution in [2.75, 3.05) is 19.7 Å². The molecule has 1 aliphatic carbocycles. The van der Waals surface area contributed by atoms with Crippen molar-refractivity contribution in [2.45, 2.75) is 43.5 Å². The average molecular weight is 429 g/mol. The van der Waals surface area contributed by atoms with Crippen molar-refractivity contribution in [1.29, 1.82) is 0 Å². The van der Waals surface area contributed by atoms with E-state index in [9.17, 15) is 18.0 Å². The molecular weight excluding hydrogens is 404 g/mol. The second-order valence-electron chi connectivity index (χ2n) is 7.43. The van der Waals surface area contributed by atoms with E-state index in [-0.39, 0.29) is 36.5 Å². The highest BCUT2D eigenvalue weighted by Crippen LogP contribution is 2.32. The Bertz CT molecular complexity index is 815. The number of hydrogen-bond acceptors (Lipinski definition) is 5. The molecule has 1 saturated carbocycles. The largest absolute Gasteiger partial charge is 0.455 e.